The molecule has 17 heavy (non-hydrogen) atoms. The van der Waals surface area contributed by atoms with Crippen LogP contribution in [0.2, 0.25) is 0 Å². The molecule has 0 saturated carbocycles. The molecular formula is C15H25NO. The molecule has 0 fully saturated rings. The van der Waals surface area contributed by atoms with Gasteiger partial charge in [0.15, 0.2) is 0 Å². The highest BCUT2D eigenvalue weighted by Crippen LogP contribution is 2.33. The van der Waals surface area contributed by atoms with Crippen molar-refractivity contribution in [3.8, 4) is 5.75 Å². The summed E-state index contributed by atoms with van der Waals surface area (Å²) in [5.41, 5.74) is 2.11. The van der Waals surface area contributed by atoms with Crippen LogP contribution in [0, 0.1) is 0 Å². The van der Waals surface area contributed by atoms with E-state index in [1.165, 1.54) is 0 Å². The standard InChI is InChI=1S/C15H25NO/c1-15(2,3)13-10-6-8-12(14(13)17)9-7-11-16(4)5/h6,8,10,17H,7,9,11H2,1-5H3. The molecule has 1 N–H and O–H groups in total. The average molecular weight is 235 g/mol. The summed E-state index contributed by atoms with van der Waals surface area (Å²) in [7, 11) is 4.15. The van der Waals surface area contributed by atoms with Crippen molar-refractivity contribution in [2.45, 2.75) is 39.0 Å². The van der Waals surface area contributed by atoms with Crippen molar-refractivity contribution in [2.24, 2.45) is 0 Å². The topological polar surface area (TPSA) is 23.5 Å². The summed E-state index contributed by atoms with van der Waals surface area (Å²) in [5.74, 6) is 0.485. The smallest absolute Gasteiger partial charge is 0.122 e. The second-order valence-electron chi connectivity index (χ2n) is 5.97. The molecule has 96 valence electrons. The maximum absolute atomic E-state index is 10.3. The number of nitrogens with zero attached hydrogens (tertiary/aromatic N) is 1. The van der Waals surface area contributed by atoms with Gasteiger partial charge in [-0.05, 0) is 50.0 Å². The number of hydrogen-bond donors (Lipinski definition) is 1. The van der Waals surface area contributed by atoms with Crippen molar-refractivity contribution in [3.05, 3.63) is 29.3 Å². The molecular weight excluding hydrogens is 210 g/mol. The Balaban J connectivity index is 2.81. The Labute approximate surface area is 105 Å². The fraction of sp³-hybridized carbons (Fsp3) is 0.600. The first-order valence-corrected chi connectivity index (χ1v) is 6.28. The molecule has 0 amide bonds. The van der Waals surface area contributed by atoms with Gasteiger partial charge in [-0.3, -0.25) is 0 Å². The number of benzene rings is 1. The van der Waals surface area contributed by atoms with Gasteiger partial charge < -0.3 is 10.0 Å². The Morgan fingerprint density at radius 1 is 1.18 bits per heavy atom. The Morgan fingerprint density at radius 2 is 1.82 bits per heavy atom. The van der Waals surface area contributed by atoms with Gasteiger partial charge in [-0.2, -0.15) is 0 Å². The third kappa shape index (κ3) is 4.04. The number of hydrogen-bond acceptors (Lipinski definition) is 2. The lowest BCUT2D eigenvalue weighted by molar-refractivity contribution is 0.396. The van der Waals surface area contributed by atoms with Crippen molar-refractivity contribution in [1.82, 2.24) is 4.90 Å². The van der Waals surface area contributed by atoms with E-state index in [0.29, 0.717) is 5.75 Å². The van der Waals surface area contributed by atoms with Gasteiger partial charge in [0.1, 0.15) is 5.75 Å². The molecule has 0 aliphatic carbocycles. The van der Waals surface area contributed by atoms with Crippen LogP contribution < -0.4 is 0 Å². The van der Waals surface area contributed by atoms with Crippen LogP contribution in [-0.4, -0.2) is 30.6 Å². The molecule has 0 atom stereocenters. The second-order valence-corrected chi connectivity index (χ2v) is 5.97. The van der Waals surface area contributed by atoms with Crippen LogP contribution in [0.15, 0.2) is 18.2 Å². The lowest BCUT2D eigenvalue weighted by Crippen LogP contribution is -2.14. The first-order valence-electron chi connectivity index (χ1n) is 6.28. The van der Waals surface area contributed by atoms with Gasteiger partial charge in [-0.25, -0.2) is 0 Å². The third-order valence-corrected chi connectivity index (χ3v) is 2.98. The van der Waals surface area contributed by atoms with Crippen molar-refractivity contribution in [2.75, 3.05) is 20.6 Å². The Bertz CT molecular complexity index is 364. The molecule has 0 heterocycles. The van der Waals surface area contributed by atoms with Gasteiger partial charge >= 0.3 is 0 Å². The molecule has 2 heteroatoms. The molecule has 0 bridgehead atoms. The zero-order valence-electron chi connectivity index (χ0n) is 11.7. The van der Waals surface area contributed by atoms with Crippen LogP contribution in [0.5, 0.6) is 5.75 Å². The summed E-state index contributed by atoms with van der Waals surface area (Å²) < 4.78 is 0. The number of aromatic hydroxyl groups is 1. The molecule has 1 rings (SSSR count). The Hall–Kier alpha value is -1.02. The highest BCUT2D eigenvalue weighted by molar-refractivity contribution is 5.44. The Morgan fingerprint density at radius 3 is 2.35 bits per heavy atom. The number of rotatable bonds is 4. The summed E-state index contributed by atoms with van der Waals surface area (Å²) in [4.78, 5) is 2.17. The minimum Gasteiger partial charge on any atom is -0.507 e. The van der Waals surface area contributed by atoms with E-state index in [4.69, 9.17) is 0 Å². The first kappa shape index (κ1) is 14.0. The molecule has 0 unspecified atom stereocenters. The van der Waals surface area contributed by atoms with E-state index in [1.807, 2.05) is 18.2 Å². The largest absolute Gasteiger partial charge is 0.507 e. The fourth-order valence-corrected chi connectivity index (χ4v) is 1.98. The van der Waals surface area contributed by atoms with Crippen LogP contribution >= 0.6 is 0 Å². The van der Waals surface area contributed by atoms with Crippen LogP contribution in [-0.2, 0) is 11.8 Å². The maximum Gasteiger partial charge on any atom is 0.122 e. The number of aryl methyl sites for hydroxylation is 1. The van der Waals surface area contributed by atoms with Crippen molar-refractivity contribution in [1.29, 1.82) is 0 Å². The third-order valence-electron chi connectivity index (χ3n) is 2.98. The SMILES string of the molecule is CN(C)CCCc1cccc(C(C)(C)C)c1O. The van der Waals surface area contributed by atoms with Gasteiger partial charge in [-0.15, -0.1) is 0 Å². The minimum atomic E-state index is 0.00163. The van der Waals surface area contributed by atoms with Crippen LogP contribution in [0.1, 0.15) is 38.3 Å². The summed E-state index contributed by atoms with van der Waals surface area (Å²) >= 11 is 0. The summed E-state index contributed by atoms with van der Waals surface area (Å²) in [6, 6.07) is 6.09. The summed E-state index contributed by atoms with van der Waals surface area (Å²) in [6.07, 6.45) is 2.02. The zero-order valence-corrected chi connectivity index (χ0v) is 11.7. The molecule has 0 aliphatic heterocycles. The number of phenols is 1. The van der Waals surface area contributed by atoms with E-state index in [0.717, 1.165) is 30.5 Å². The highest BCUT2D eigenvalue weighted by atomic mass is 16.3. The van der Waals surface area contributed by atoms with Crippen LogP contribution in [0.3, 0.4) is 0 Å². The molecule has 1 aromatic rings. The van der Waals surface area contributed by atoms with E-state index in [2.05, 4.69) is 39.8 Å². The lowest BCUT2D eigenvalue weighted by Gasteiger charge is -2.22. The van der Waals surface area contributed by atoms with Crippen molar-refractivity contribution in [3.63, 3.8) is 0 Å². The number of phenolic OH excluding ortho intramolecular Hbond substituents is 1. The van der Waals surface area contributed by atoms with Crippen molar-refractivity contribution >= 4 is 0 Å². The molecule has 0 aliphatic rings. The first-order chi connectivity index (χ1) is 7.82. The van der Waals surface area contributed by atoms with E-state index in [1.54, 1.807) is 0 Å². The average Bonchev–Trinajstić information content (AvgIpc) is 2.18. The van der Waals surface area contributed by atoms with E-state index in [-0.39, 0.29) is 5.41 Å². The predicted molar refractivity (Wildman–Crippen MR) is 73.7 cm³/mol. The minimum absolute atomic E-state index is 0.00163. The van der Waals surface area contributed by atoms with Crippen molar-refractivity contribution < 1.29 is 5.11 Å². The van der Waals surface area contributed by atoms with E-state index < -0.39 is 0 Å². The predicted octanol–water partition coefficient (Wildman–Crippen LogP) is 3.18. The molecule has 0 radical (unpaired) electrons. The lowest BCUT2D eigenvalue weighted by atomic mass is 9.85. The normalized spacial score (nSPS) is 12.1. The van der Waals surface area contributed by atoms with Gasteiger partial charge in [0.25, 0.3) is 0 Å². The van der Waals surface area contributed by atoms with Gasteiger partial charge in [0, 0.05) is 0 Å². The van der Waals surface area contributed by atoms with Gasteiger partial charge in [0.05, 0.1) is 0 Å². The molecule has 2 nitrogen and oxygen atoms in total. The second kappa shape index (κ2) is 5.54. The monoisotopic (exact) mass is 235 g/mol. The van der Waals surface area contributed by atoms with Gasteiger partial charge in [0.2, 0.25) is 0 Å². The Kier molecular flexibility index (Phi) is 4.58. The maximum atomic E-state index is 10.3. The van der Waals surface area contributed by atoms with Crippen LogP contribution in [0.4, 0.5) is 0 Å². The molecule has 0 aromatic heterocycles. The summed E-state index contributed by atoms with van der Waals surface area (Å²) in [6.45, 7) is 7.45. The summed E-state index contributed by atoms with van der Waals surface area (Å²) in [5, 5.41) is 10.3. The van der Waals surface area contributed by atoms with Gasteiger partial charge in [-0.1, -0.05) is 39.0 Å². The fourth-order valence-electron chi connectivity index (χ4n) is 1.98. The molecule has 0 saturated heterocycles. The zero-order chi connectivity index (χ0) is 13.1. The molecule has 1 aromatic carbocycles. The quantitative estimate of drug-likeness (QED) is 0.866. The number of para-hydroxylation sites is 1. The van der Waals surface area contributed by atoms with Crippen LogP contribution in [0.25, 0.3) is 0 Å². The molecule has 0 spiro atoms. The highest BCUT2D eigenvalue weighted by Gasteiger charge is 2.19. The van der Waals surface area contributed by atoms with E-state index >= 15 is 0 Å². The van der Waals surface area contributed by atoms with E-state index in [9.17, 15) is 5.11 Å².